The molecule has 0 amide bonds. The number of rotatable bonds is 11. The molecule has 0 aliphatic rings. The summed E-state index contributed by atoms with van der Waals surface area (Å²) < 4.78 is 376. The van der Waals surface area contributed by atoms with Gasteiger partial charge in [0, 0.05) is 0 Å². The van der Waals surface area contributed by atoms with E-state index >= 15 is 0 Å². The molecule has 0 spiro atoms. The van der Waals surface area contributed by atoms with Crippen LogP contribution >= 0.6 is 0 Å². The van der Waals surface area contributed by atoms with Gasteiger partial charge in [0.25, 0.3) is 6.17 Å². The molecule has 29 heteroatoms. The van der Waals surface area contributed by atoms with Gasteiger partial charge in [0.2, 0.25) is 0 Å². The Hall–Kier alpha value is -2.03. The highest BCUT2D eigenvalue weighted by Gasteiger charge is 3.00. The van der Waals surface area contributed by atoms with Crippen molar-refractivity contribution in [2.45, 2.75) is 83.7 Å². The van der Waals surface area contributed by atoms with Crippen LogP contribution in [-0.2, 0) is 0 Å². The normalized spacial score (nSPS) is 17.8. The van der Waals surface area contributed by atoms with E-state index < -0.39 is 83.7 Å². The van der Waals surface area contributed by atoms with E-state index in [0.29, 0.717) is 0 Å². The van der Waals surface area contributed by atoms with Gasteiger partial charge < -0.3 is 0 Å². The van der Waals surface area contributed by atoms with Crippen LogP contribution in [0.3, 0.4) is 0 Å². The highest BCUT2D eigenvalue weighted by molar-refractivity contribution is 5.20. The monoisotopic (exact) mass is 720 g/mol. The van der Waals surface area contributed by atoms with Crippen LogP contribution in [0.25, 0.3) is 0 Å². The van der Waals surface area contributed by atoms with E-state index in [1.165, 1.54) is 0 Å². The highest BCUT2D eigenvalue weighted by atomic mass is 19.4. The van der Waals surface area contributed by atoms with Crippen LogP contribution in [0.4, 0.5) is 127 Å². The molecule has 43 heavy (non-hydrogen) atoms. The van der Waals surface area contributed by atoms with Gasteiger partial charge in [-0.15, -0.1) is 0 Å². The van der Waals surface area contributed by atoms with E-state index in [-0.39, 0.29) is 0 Å². The molecule has 0 saturated carbocycles. The van der Waals surface area contributed by atoms with Gasteiger partial charge in [-0.05, 0) is 0 Å². The van der Waals surface area contributed by atoms with Crippen LogP contribution in [0.5, 0.6) is 0 Å². The topological polar surface area (TPSA) is 0 Å². The molecule has 0 rings (SSSR count). The maximum absolute atomic E-state index is 13.5. The van der Waals surface area contributed by atoms with Crippen molar-refractivity contribution in [2.24, 2.45) is 0 Å². The van der Waals surface area contributed by atoms with Gasteiger partial charge >= 0.3 is 77.5 Å². The van der Waals surface area contributed by atoms with E-state index in [1.807, 2.05) is 0 Å². The van der Waals surface area contributed by atoms with Crippen molar-refractivity contribution in [3.05, 3.63) is 0 Å². The van der Waals surface area contributed by atoms with Gasteiger partial charge in [-0.2, -0.15) is 123 Å². The predicted molar refractivity (Wildman–Crippen MR) is 71.4 cm³/mol. The fourth-order valence-electron chi connectivity index (χ4n) is 2.33. The molecule has 0 aromatic carbocycles. The zero-order chi connectivity index (χ0) is 36.1. The summed E-state index contributed by atoms with van der Waals surface area (Å²) in [5, 5.41) is 0. The highest BCUT2D eigenvalue weighted by Crippen LogP contribution is 2.68. The van der Waals surface area contributed by atoms with E-state index in [0.717, 1.165) is 0 Å². The Morgan fingerprint density at radius 1 is 0.233 bits per heavy atom. The molecule has 0 radical (unpaired) electrons. The summed E-state index contributed by atoms with van der Waals surface area (Å²) in [4.78, 5) is 0. The minimum Gasteiger partial charge on any atom is -0.230 e. The third-order valence-electron chi connectivity index (χ3n) is 4.93. The average molecular weight is 720 g/mol. The van der Waals surface area contributed by atoms with Crippen LogP contribution in [0.1, 0.15) is 0 Å². The zero-order valence-corrected chi connectivity index (χ0v) is 18.0. The molecule has 0 saturated heterocycles. The molecule has 1 unspecified atom stereocenters. The van der Waals surface area contributed by atoms with E-state index in [1.54, 1.807) is 0 Å². The Labute approximate surface area is 212 Å². The molecule has 0 aliphatic heterocycles. The van der Waals surface area contributed by atoms with Crippen molar-refractivity contribution in [3.63, 3.8) is 0 Å². The van der Waals surface area contributed by atoms with Crippen molar-refractivity contribution >= 4 is 0 Å². The van der Waals surface area contributed by atoms with Crippen molar-refractivity contribution in [3.8, 4) is 0 Å². The SMILES string of the molecule is FC(C(F)(F)F)C(F)(F)C(F)(F)C(F)(F)C(F)(F)C(F)(F)C(F)(F)C(F)(F)C(F)(F)C(F)(F)C(F)(F)C(F)(F)C(F)(F)F. The van der Waals surface area contributed by atoms with Crippen LogP contribution < -0.4 is 0 Å². The fraction of sp³-hybridized carbons (Fsp3) is 1.00. The number of halogens is 29. The third kappa shape index (κ3) is 4.85. The summed E-state index contributed by atoms with van der Waals surface area (Å²) in [5.74, 6) is -104. The molecule has 260 valence electrons. The molecule has 0 aliphatic carbocycles. The summed E-state index contributed by atoms with van der Waals surface area (Å²) in [6, 6.07) is 0. The largest absolute Gasteiger partial charge is 0.460 e. The second-order valence-electron chi connectivity index (χ2n) is 7.77. The Bertz CT molecular complexity index is 1000. The smallest absolute Gasteiger partial charge is 0.230 e. The summed E-state index contributed by atoms with van der Waals surface area (Å²) in [6.07, 6.45) is -22.7. The Morgan fingerprint density at radius 2 is 0.395 bits per heavy atom. The van der Waals surface area contributed by atoms with Crippen LogP contribution in [0, 0.1) is 0 Å². The van der Waals surface area contributed by atoms with Crippen molar-refractivity contribution in [1.82, 2.24) is 0 Å². The van der Waals surface area contributed by atoms with E-state index in [2.05, 4.69) is 0 Å². The second-order valence-corrected chi connectivity index (χ2v) is 7.77. The van der Waals surface area contributed by atoms with Gasteiger partial charge in [-0.25, -0.2) is 4.39 Å². The molecule has 0 fully saturated rings. The van der Waals surface area contributed by atoms with Gasteiger partial charge in [0.05, 0.1) is 0 Å². The van der Waals surface area contributed by atoms with E-state index in [9.17, 15) is 127 Å². The maximum atomic E-state index is 13.5. The minimum absolute atomic E-state index is 6.87. The molecule has 0 N–H and O–H groups in total. The molecule has 0 nitrogen and oxygen atoms in total. The first kappa shape index (κ1) is 41.0. The standard InChI is InChI=1S/C14HF29/c15-1(3(18,19)20)2(16,17)4(21,22)5(23,24)6(25,26)7(27,28)8(29,30)9(31,32)10(33,34)11(35,36)12(37,38)13(39,40)14(41,42)43/h1H. The summed E-state index contributed by atoms with van der Waals surface area (Å²) >= 11 is 0. The number of hydrogen-bond donors (Lipinski definition) is 0. The Morgan fingerprint density at radius 3 is 0.558 bits per heavy atom. The van der Waals surface area contributed by atoms with Gasteiger partial charge in [0.1, 0.15) is 0 Å². The molecule has 0 aromatic heterocycles. The zero-order valence-electron chi connectivity index (χ0n) is 18.0. The summed E-state index contributed by atoms with van der Waals surface area (Å²) in [7, 11) is 0. The number of hydrogen-bond acceptors (Lipinski definition) is 0. The van der Waals surface area contributed by atoms with Crippen molar-refractivity contribution in [1.29, 1.82) is 0 Å². The van der Waals surface area contributed by atoms with Gasteiger partial charge in [-0.1, -0.05) is 0 Å². The maximum Gasteiger partial charge on any atom is 0.460 e. The molecule has 0 bridgehead atoms. The molecular weight excluding hydrogens is 719 g/mol. The second kappa shape index (κ2) is 9.73. The summed E-state index contributed by atoms with van der Waals surface area (Å²) in [5.41, 5.74) is 0. The molecule has 1 atom stereocenters. The lowest BCUT2D eigenvalue weighted by atomic mass is 9.84. The fourth-order valence-corrected chi connectivity index (χ4v) is 2.33. The Balaban J connectivity index is 7.42. The minimum atomic E-state index is -9.87. The lowest BCUT2D eigenvalue weighted by molar-refractivity contribution is -0.483. The van der Waals surface area contributed by atoms with Gasteiger partial charge in [-0.3, -0.25) is 0 Å². The first-order chi connectivity index (χ1) is 17.9. The quantitative estimate of drug-likeness (QED) is 0.187. The van der Waals surface area contributed by atoms with E-state index in [4.69, 9.17) is 0 Å². The first-order valence-electron chi connectivity index (χ1n) is 8.84. The van der Waals surface area contributed by atoms with Crippen LogP contribution in [0.2, 0.25) is 0 Å². The first-order valence-corrected chi connectivity index (χ1v) is 8.84. The third-order valence-corrected chi connectivity index (χ3v) is 4.93. The van der Waals surface area contributed by atoms with Crippen molar-refractivity contribution < 1.29 is 127 Å². The molecule has 0 aromatic rings. The lowest BCUT2D eigenvalue weighted by Crippen LogP contribution is -2.78. The molecule has 0 heterocycles. The summed E-state index contributed by atoms with van der Waals surface area (Å²) in [6.45, 7) is 0. The van der Waals surface area contributed by atoms with Crippen LogP contribution in [-0.4, -0.2) is 83.7 Å². The lowest BCUT2D eigenvalue weighted by Gasteiger charge is -2.45. The molecular formula is C14HF29. The van der Waals surface area contributed by atoms with Crippen molar-refractivity contribution in [2.75, 3.05) is 0 Å². The Kier molecular flexibility index (Phi) is 9.27. The van der Waals surface area contributed by atoms with Crippen LogP contribution in [0.15, 0.2) is 0 Å². The number of alkyl halides is 29. The average Bonchev–Trinajstić information content (AvgIpc) is 2.75. The predicted octanol–water partition coefficient (Wildman–Crippen LogP) is 9.44. The van der Waals surface area contributed by atoms with Gasteiger partial charge in [0.15, 0.2) is 0 Å².